The summed E-state index contributed by atoms with van der Waals surface area (Å²) in [4.78, 5) is 21.1. The number of aliphatic hydroxyl groups excluding tert-OH is 1. The Morgan fingerprint density at radius 2 is 2.13 bits per heavy atom. The minimum Gasteiger partial charge on any atom is -0.396 e. The van der Waals surface area contributed by atoms with Gasteiger partial charge in [-0.3, -0.25) is 0 Å². The number of aromatic nitrogens is 1. The third kappa shape index (κ3) is 3.75. The zero-order valence-corrected chi connectivity index (χ0v) is 13.8. The van der Waals surface area contributed by atoms with E-state index in [1.54, 1.807) is 4.90 Å². The summed E-state index contributed by atoms with van der Waals surface area (Å²) in [7, 11) is 0. The average molecular weight is 318 g/mol. The van der Waals surface area contributed by atoms with Crippen LogP contribution >= 0.6 is 0 Å². The van der Waals surface area contributed by atoms with Crippen LogP contribution in [0.4, 0.5) is 10.6 Å². The van der Waals surface area contributed by atoms with E-state index >= 15 is 0 Å². The maximum Gasteiger partial charge on any atom is 0.317 e. The Labute approximate surface area is 137 Å². The summed E-state index contributed by atoms with van der Waals surface area (Å²) >= 11 is 0. The molecule has 1 aromatic rings. The van der Waals surface area contributed by atoms with Crippen LogP contribution in [0.3, 0.4) is 0 Å². The summed E-state index contributed by atoms with van der Waals surface area (Å²) in [5.74, 6) is 1.24. The molecule has 3 rings (SSSR count). The Bertz CT molecular complexity index is 558. The van der Waals surface area contributed by atoms with Crippen molar-refractivity contribution in [2.75, 3.05) is 37.7 Å². The molecule has 6 nitrogen and oxygen atoms in total. The van der Waals surface area contributed by atoms with Gasteiger partial charge in [-0.15, -0.1) is 0 Å². The Hall–Kier alpha value is -1.82. The lowest BCUT2D eigenvalue weighted by Gasteiger charge is -2.22. The van der Waals surface area contributed by atoms with E-state index < -0.39 is 0 Å². The molecule has 0 aliphatic carbocycles. The van der Waals surface area contributed by atoms with Crippen molar-refractivity contribution in [3.63, 3.8) is 0 Å². The number of hydrogen-bond donors (Lipinski definition) is 2. The van der Waals surface area contributed by atoms with E-state index in [9.17, 15) is 9.90 Å². The molecule has 0 radical (unpaired) electrons. The molecule has 3 heterocycles. The van der Waals surface area contributed by atoms with Gasteiger partial charge in [0.25, 0.3) is 0 Å². The molecule has 6 heteroatoms. The molecule has 2 aliphatic heterocycles. The summed E-state index contributed by atoms with van der Waals surface area (Å²) in [6.07, 6.45) is 3.30. The van der Waals surface area contributed by atoms with Crippen LogP contribution in [0.2, 0.25) is 0 Å². The standard InChI is InChI=1S/C17H26N4O2/c1-13-4-5-15(16(19-13)20-7-2-3-8-20)10-18-17(23)21-9-6-14(11-21)12-22/h4-5,14,22H,2-3,6-12H2,1H3,(H,18,23). The molecule has 2 aliphatic rings. The van der Waals surface area contributed by atoms with E-state index in [0.717, 1.165) is 43.1 Å². The lowest BCUT2D eigenvalue weighted by Crippen LogP contribution is -2.38. The molecule has 2 saturated heterocycles. The number of nitrogens with one attached hydrogen (secondary N) is 1. The third-order valence-corrected chi connectivity index (χ3v) is 4.76. The first-order valence-corrected chi connectivity index (χ1v) is 8.52. The zero-order valence-electron chi connectivity index (χ0n) is 13.8. The second-order valence-electron chi connectivity index (χ2n) is 6.57. The minimum absolute atomic E-state index is 0.0473. The molecule has 1 aromatic heterocycles. The van der Waals surface area contributed by atoms with Gasteiger partial charge in [-0.2, -0.15) is 0 Å². The smallest absolute Gasteiger partial charge is 0.317 e. The van der Waals surface area contributed by atoms with Crippen molar-refractivity contribution in [3.8, 4) is 0 Å². The monoisotopic (exact) mass is 318 g/mol. The van der Waals surface area contributed by atoms with Crippen molar-refractivity contribution in [1.82, 2.24) is 15.2 Å². The summed E-state index contributed by atoms with van der Waals surface area (Å²) in [5.41, 5.74) is 2.08. The summed E-state index contributed by atoms with van der Waals surface area (Å²) in [6, 6.07) is 4.02. The second kappa shape index (κ2) is 7.17. The van der Waals surface area contributed by atoms with E-state index in [0.29, 0.717) is 13.1 Å². The summed E-state index contributed by atoms with van der Waals surface area (Å²) < 4.78 is 0. The van der Waals surface area contributed by atoms with Crippen molar-refractivity contribution in [1.29, 1.82) is 0 Å². The number of rotatable bonds is 4. The molecule has 0 aromatic carbocycles. The van der Waals surface area contributed by atoms with Gasteiger partial charge in [0.2, 0.25) is 0 Å². The largest absolute Gasteiger partial charge is 0.396 e. The second-order valence-corrected chi connectivity index (χ2v) is 6.57. The van der Waals surface area contributed by atoms with Gasteiger partial charge >= 0.3 is 6.03 Å². The van der Waals surface area contributed by atoms with E-state index in [1.165, 1.54) is 12.8 Å². The van der Waals surface area contributed by atoms with Crippen LogP contribution in [0.1, 0.15) is 30.5 Å². The molecule has 0 spiro atoms. The molecule has 23 heavy (non-hydrogen) atoms. The number of likely N-dealkylation sites (tertiary alicyclic amines) is 1. The highest BCUT2D eigenvalue weighted by Gasteiger charge is 2.25. The fourth-order valence-corrected chi connectivity index (χ4v) is 3.36. The minimum atomic E-state index is -0.0473. The number of nitrogens with zero attached hydrogens (tertiary/aromatic N) is 3. The number of pyridine rings is 1. The normalized spacial score (nSPS) is 21.0. The van der Waals surface area contributed by atoms with Gasteiger partial charge in [-0.25, -0.2) is 9.78 Å². The maximum atomic E-state index is 12.3. The van der Waals surface area contributed by atoms with Crippen LogP contribution in [0.15, 0.2) is 12.1 Å². The van der Waals surface area contributed by atoms with Gasteiger partial charge < -0.3 is 20.2 Å². The fraction of sp³-hybridized carbons (Fsp3) is 0.647. The third-order valence-electron chi connectivity index (χ3n) is 4.76. The van der Waals surface area contributed by atoms with Crippen molar-refractivity contribution in [2.24, 2.45) is 5.92 Å². The number of carbonyl (C=O) groups is 1. The summed E-state index contributed by atoms with van der Waals surface area (Å²) in [5, 5.41) is 12.2. The molecular weight excluding hydrogens is 292 g/mol. The highest BCUT2D eigenvalue weighted by Crippen LogP contribution is 2.23. The molecule has 1 unspecified atom stereocenters. The SMILES string of the molecule is Cc1ccc(CNC(=O)N2CCC(CO)C2)c(N2CCCC2)n1. The molecule has 1 atom stereocenters. The number of amides is 2. The molecule has 126 valence electrons. The van der Waals surface area contributed by atoms with E-state index in [-0.39, 0.29) is 18.6 Å². The topological polar surface area (TPSA) is 68.7 Å². The van der Waals surface area contributed by atoms with E-state index in [2.05, 4.69) is 21.3 Å². The van der Waals surface area contributed by atoms with Gasteiger partial charge in [0, 0.05) is 56.5 Å². The van der Waals surface area contributed by atoms with Crippen LogP contribution in [0.5, 0.6) is 0 Å². The predicted molar refractivity (Wildman–Crippen MR) is 89.4 cm³/mol. The van der Waals surface area contributed by atoms with Gasteiger partial charge in [0.15, 0.2) is 0 Å². The number of aliphatic hydroxyl groups is 1. The first kappa shape index (κ1) is 16.1. The first-order valence-electron chi connectivity index (χ1n) is 8.52. The Morgan fingerprint density at radius 1 is 1.35 bits per heavy atom. The number of hydrogen-bond acceptors (Lipinski definition) is 4. The predicted octanol–water partition coefficient (Wildman–Crippen LogP) is 1.51. The molecular formula is C17H26N4O2. The lowest BCUT2D eigenvalue weighted by molar-refractivity contribution is 0.198. The molecule has 0 bridgehead atoms. The molecule has 0 saturated carbocycles. The molecule has 2 N–H and O–H groups in total. The number of anilines is 1. The van der Waals surface area contributed by atoms with E-state index in [4.69, 9.17) is 0 Å². The van der Waals surface area contributed by atoms with Crippen LogP contribution in [0, 0.1) is 12.8 Å². The van der Waals surface area contributed by atoms with Gasteiger partial charge in [-0.05, 0) is 32.3 Å². The van der Waals surface area contributed by atoms with E-state index in [1.807, 2.05) is 13.0 Å². The maximum absolute atomic E-state index is 12.3. The van der Waals surface area contributed by atoms with Gasteiger partial charge in [-0.1, -0.05) is 6.07 Å². The van der Waals surface area contributed by atoms with Crippen molar-refractivity contribution in [2.45, 2.75) is 32.7 Å². The molecule has 2 fully saturated rings. The Balaban J connectivity index is 1.62. The Kier molecular flexibility index (Phi) is 5.00. The average Bonchev–Trinajstić information content (AvgIpc) is 3.24. The zero-order chi connectivity index (χ0) is 16.2. The fourth-order valence-electron chi connectivity index (χ4n) is 3.36. The van der Waals surface area contributed by atoms with Crippen molar-refractivity contribution in [3.05, 3.63) is 23.4 Å². The lowest BCUT2D eigenvalue weighted by atomic mass is 10.1. The highest BCUT2D eigenvalue weighted by molar-refractivity contribution is 5.74. The number of carbonyl (C=O) groups excluding carboxylic acids is 1. The first-order chi connectivity index (χ1) is 11.2. The van der Waals surface area contributed by atoms with Crippen molar-refractivity contribution < 1.29 is 9.90 Å². The van der Waals surface area contributed by atoms with Crippen molar-refractivity contribution >= 4 is 11.8 Å². The molecule has 2 amide bonds. The van der Waals surface area contributed by atoms with Crippen LogP contribution < -0.4 is 10.2 Å². The van der Waals surface area contributed by atoms with Crippen LogP contribution in [-0.4, -0.2) is 53.8 Å². The Morgan fingerprint density at radius 3 is 2.83 bits per heavy atom. The number of aryl methyl sites for hydroxylation is 1. The quantitative estimate of drug-likeness (QED) is 0.883. The van der Waals surface area contributed by atoms with Gasteiger partial charge in [0.1, 0.15) is 5.82 Å². The van der Waals surface area contributed by atoms with Crippen LogP contribution in [-0.2, 0) is 6.54 Å². The van der Waals surface area contributed by atoms with Gasteiger partial charge in [0.05, 0.1) is 0 Å². The number of urea groups is 1. The highest BCUT2D eigenvalue weighted by atomic mass is 16.3. The summed E-state index contributed by atoms with van der Waals surface area (Å²) in [6.45, 7) is 6.11. The van der Waals surface area contributed by atoms with Crippen LogP contribution in [0.25, 0.3) is 0 Å².